The first kappa shape index (κ1) is 7.93. The Hall–Kier alpha value is -1.69. The Kier molecular flexibility index (Phi) is 1.82. The molecule has 0 amide bonds. The fourth-order valence-corrected chi connectivity index (χ4v) is 1.56. The number of nitrogens with zero attached hydrogens (tertiary/aromatic N) is 1. The van der Waals surface area contributed by atoms with Gasteiger partial charge in [0.05, 0.1) is 5.56 Å². The minimum atomic E-state index is -0.266. The number of hydrogen-bond donors (Lipinski definition) is 2. The summed E-state index contributed by atoms with van der Waals surface area (Å²) in [5.41, 5.74) is 0.163. The van der Waals surface area contributed by atoms with Gasteiger partial charge in [-0.05, 0) is 12.1 Å². The molecule has 0 spiro atoms. The zero-order valence-corrected chi connectivity index (χ0v) is 7.22. The lowest BCUT2D eigenvalue weighted by Gasteiger charge is -1.90. The van der Waals surface area contributed by atoms with Crippen molar-refractivity contribution in [1.82, 2.24) is 15.2 Å². The van der Waals surface area contributed by atoms with Crippen molar-refractivity contribution < 1.29 is 0 Å². The van der Waals surface area contributed by atoms with Gasteiger partial charge in [-0.1, -0.05) is 11.3 Å². The fourth-order valence-electron chi connectivity index (χ4n) is 0.935. The van der Waals surface area contributed by atoms with Gasteiger partial charge in [-0.15, -0.1) is 0 Å². The molecule has 2 heterocycles. The van der Waals surface area contributed by atoms with Crippen molar-refractivity contribution in [3.8, 4) is 10.6 Å². The van der Waals surface area contributed by atoms with E-state index in [4.69, 9.17) is 0 Å². The second-order valence-corrected chi connectivity index (χ2v) is 3.29. The lowest BCUT2D eigenvalue weighted by Crippen LogP contribution is -2.06. The number of pyridine rings is 1. The molecule has 0 saturated heterocycles. The molecule has 2 rings (SSSR count). The Morgan fingerprint density at radius 2 is 2.23 bits per heavy atom. The molecule has 0 aromatic carbocycles. The van der Waals surface area contributed by atoms with Crippen LogP contribution in [0.4, 0.5) is 0 Å². The van der Waals surface area contributed by atoms with E-state index in [0.29, 0.717) is 10.6 Å². The first-order chi connectivity index (χ1) is 6.27. The van der Waals surface area contributed by atoms with Crippen LogP contribution in [0, 0.1) is 0 Å². The largest absolute Gasteiger partial charge is 0.329 e. The summed E-state index contributed by atoms with van der Waals surface area (Å²) < 4.78 is 0. The molecular formula is C7H5N3O2S. The van der Waals surface area contributed by atoms with Crippen LogP contribution in [0.5, 0.6) is 0 Å². The second-order valence-electron chi connectivity index (χ2n) is 2.33. The zero-order chi connectivity index (χ0) is 9.26. The topological polar surface area (TPSA) is 78.6 Å². The average molecular weight is 195 g/mol. The summed E-state index contributed by atoms with van der Waals surface area (Å²) in [7, 11) is 0. The summed E-state index contributed by atoms with van der Waals surface area (Å²) >= 11 is 0.913. The number of hydrogen-bond acceptors (Lipinski definition) is 4. The highest BCUT2D eigenvalue weighted by Gasteiger charge is 2.05. The van der Waals surface area contributed by atoms with Gasteiger partial charge in [-0.25, -0.2) is 5.10 Å². The van der Waals surface area contributed by atoms with Gasteiger partial charge in [0, 0.05) is 6.20 Å². The normalized spacial score (nSPS) is 10.2. The Labute approximate surface area is 76.1 Å². The van der Waals surface area contributed by atoms with Crippen molar-refractivity contribution >= 4 is 11.3 Å². The minimum absolute atomic E-state index is 0.245. The maximum atomic E-state index is 11.2. The fraction of sp³-hybridized carbons (Fsp3) is 0. The van der Waals surface area contributed by atoms with Crippen LogP contribution >= 0.6 is 11.3 Å². The monoisotopic (exact) mass is 195 g/mol. The summed E-state index contributed by atoms with van der Waals surface area (Å²) in [6, 6.07) is 3.30. The van der Waals surface area contributed by atoms with Crippen LogP contribution in [0.15, 0.2) is 27.9 Å². The number of rotatable bonds is 1. The summed E-state index contributed by atoms with van der Waals surface area (Å²) in [4.78, 5) is 24.2. The van der Waals surface area contributed by atoms with Crippen molar-refractivity contribution in [2.45, 2.75) is 0 Å². The van der Waals surface area contributed by atoms with E-state index in [1.54, 1.807) is 12.1 Å². The van der Waals surface area contributed by atoms with Crippen molar-refractivity contribution in [2.24, 2.45) is 0 Å². The average Bonchev–Trinajstić information content (AvgIpc) is 2.53. The molecule has 6 heteroatoms. The van der Waals surface area contributed by atoms with Crippen LogP contribution < -0.4 is 10.4 Å². The predicted molar refractivity (Wildman–Crippen MR) is 48.8 cm³/mol. The highest BCUT2D eigenvalue weighted by molar-refractivity contribution is 7.12. The van der Waals surface area contributed by atoms with Crippen LogP contribution in [0.3, 0.4) is 0 Å². The summed E-state index contributed by atoms with van der Waals surface area (Å²) in [6.07, 6.45) is 1.53. The summed E-state index contributed by atoms with van der Waals surface area (Å²) in [5, 5.41) is 6.37. The van der Waals surface area contributed by atoms with Gasteiger partial charge in [0.15, 0.2) is 5.01 Å². The second kappa shape index (κ2) is 2.98. The smallest absolute Gasteiger partial charge is 0.322 e. The Morgan fingerprint density at radius 3 is 2.85 bits per heavy atom. The Bertz CT molecular complexity index is 525. The van der Waals surface area contributed by atoms with Crippen molar-refractivity contribution in [1.29, 1.82) is 0 Å². The minimum Gasteiger partial charge on any atom is -0.329 e. The van der Waals surface area contributed by atoms with Crippen LogP contribution in [-0.2, 0) is 0 Å². The molecule has 66 valence electrons. The maximum Gasteiger partial charge on any atom is 0.322 e. The van der Waals surface area contributed by atoms with Gasteiger partial charge >= 0.3 is 4.87 Å². The molecule has 2 N–H and O–H groups in total. The van der Waals surface area contributed by atoms with E-state index >= 15 is 0 Å². The standard InChI is InChI=1S/C7H5N3O2S/c11-5-4(2-1-3-8-5)6-9-10-7(12)13-6/h1-3H,(H,8,11)(H,10,12). The molecule has 0 aliphatic heterocycles. The first-order valence-corrected chi connectivity index (χ1v) is 4.32. The van der Waals surface area contributed by atoms with Crippen molar-refractivity contribution in [3.63, 3.8) is 0 Å². The molecule has 0 unspecified atom stereocenters. The molecule has 0 saturated carbocycles. The lowest BCUT2D eigenvalue weighted by atomic mass is 10.3. The number of nitrogens with one attached hydrogen (secondary N) is 2. The SMILES string of the molecule is O=c1[nH]nc(-c2ccc[nH]c2=O)s1. The van der Waals surface area contributed by atoms with E-state index in [2.05, 4.69) is 15.2 Å². The third-order valence-electron chi connectivity index (χ3n) is 1.49. The van der Waals surface area contributed by atoms with E-state index < -0.39 is 0 Å². The molecule has 0 atom stereocenters. The molecule has 13 heavy (non-hydrogen) atoms. The van der Waals surface area contributed by atoms with Gasteiger partial charge in [0.2, 0.25) is 0 Å². The van der Waals surface area contributed by atoms with E-state index in [1.165, 1.54) is 6.20 Å². The molecule has 0 aliphatic rings. The molecule has 2 aromatic rings. The van der Waals surface area contributed by atoms with Crippen LogP contribution in [0.1, 0.15) is 0 Å². The van der Waals surface area contributed by atoms with Crippen molar-refractivity contribution in [2.75, 3.05) is 0 Å². The molecule has 0 aliphatic carbocycles. The van der Waals surface area contributed by atoms with E-state index in [9.17, 15) is 9.59 Å². The maximum absolute atomic E-state index is 11.2. The van der Waals surface area contributed by atoms with E-state index in [-0.39, 0.29) is 10.4 Å². The molecule has 0 radical (unpaired) electrons. The van der Waals surface area contributed by atoms with Gasteiger partial charge in [0.1, 0.15) is 0 Å². The number of H-pyrrole nitrogens is 2. The third kappa shape index (κ3) is 1.43. The summed E-state index contributed by atoms with van der Waals surface area (Å²) in [6.45, 7) is 0. The molecule has 0 bridgehead atoms. The van der Waals surface area contributed by atoms with Crippen LogP contribution in [-0.4, -0.2) is 15.2 Å². The van der Waals surface area contributed by atoms with E-state index in [1.807, 2.05) is 0 Å². The number of aromatic nitrogens is 3. The van der Waals surface area contributed by atoms with Crippen molar-refractivity contribution in [3.05, 3.63) is 38.4 Å². The highest BCUT2D eigenvalue weighted by atomic mass is 32.1. The first-order valence-electron chi connectivity index (χ1n) is 3.51. The lowest BCUT2D eigenvalue weighted by molar-refractivity contribution is 1.06. The molecular weight excluding hydrogens is 190 g/mol. The quantitative estimate of drug-likeness (QED) is 0.681. The van der Waals surface area contributed by atoms with Gasteiger partial charge < -0.3 is 4.98 Å². The highest BCUT2D eigenvalue weighted by Crippen LogP contribution is 2.11. The third-order valence-corrected chi connectivity index (χ3v) is 2.27. The number of aromatic amines is 2. The molecule has 2 aromatic heterocycles. The molecule has 5 nitrogen and oxygen atoms in total. The zero-order valence-electron chi connectivity index (χ0n) is 6.40. The Balaban J connectivity index is 2.65. The van der Waals surface area contributed by atoms with Gasteiger partial charge in [-0.3, -0.25) is 9.59 Å². The van der Waals surface area contributed by atoms with Gasteiger partial charge in [-0.2, -0.15) is 5.10 Å². The van der Waals surface area contributed by atoms with Gasteiger partial charge in [0.25, 0.3) is 5.56 Å². The molecule has 0 fully saturated rings. The van der Waals surface area contributed by atoms with E-state index in [0.717, 1.165) is 11.3 Å². The summed E-state index contributed by atoms with van der Waals surface area (Å²) in [5.74, 6) is 0. The van der Waals surface area contributed by atoms with Crippen LogP contribution in [0.25, 0.3) is 10.6 Å². The Morgan fingerprint density at radius 1 is 1.38 bits per heavy atom. The predicted octanol–water partition coefficient (Wildman–Crippen LogP) is 0.187. The van der Waals surface area contributed by atoms with Crippen LogP contribution in [0.2, 0.25) is 0 Å².